The first kappa shape index (κ1) is 14.9. The third-order valence-corrected chi connectivity index (χ3v) is 4.54. The lowest BCUT2D eigenvalue weighted by Gasteiger charge is -2.01. The highest BCUT2D eigenvalue weighted by atomic mass is 32.1. The van der Waals surface area contributed by atoms with Gasteiger partial charge < -0.3 is 10.1 Å². The number of rotatable bonds is 5. The van der Waals surface area contributed by atoms with Crippen LogP contribution in [0.5, 0.6) is 0 Å². The first-order valence-electron chi connectivity index (χ1n) is 7.25. The van der Waals surface area contributed by atoms with E-state index in [0.29, 0.717) is 18.0 Å². The van der Waals surface area contributed by atoms with E-state index in [1.165, 1.54) is 16.9 Å². The molecule has 0 aliphatic heterocycles. The third-order valence-electron chi connectivity index (χ3n) is 3.49. The van der Waals surface area contributed by atoms with Crippen LogP contribution in [0.1, 0.15) is 21.7 Å². The Morgan fingerprint density at radius 3 is 2.95 bits per heavy atom. The maximum atomic E-state index is 12.2. The number of carbonyl (C=O) groups is 1. The van der Waals surface area contributed by atoms with Crippen LogP contribution in [0.25, 0.3) is 21.1 Å². The standard InChI is InChI=1S/C17H18N2O2S/c1-11-4-5-12-9-13-10-15(16(20)18-6-3-7-21-2)22-17(13)19-14(12)8-11/h4-5,8-10H,3,6-7H2,1-2H3,(H,18,20). The molecule has 22 heavy (non-hydrogen) atoms. The lowest BCUT2D eigenvalue weighted by atomic mass is 10.1. The number of benzene rings is 1. The van der Waals surface area contributed by atoms with Gasteiger partial charge in [0.1, 0.15) is 4.83 Å². The highest BCUT2D eigenvalue weighted by Gasteiger charge is 2.11. The normalized spacial score (nSPS) is 11.2. The van der Waals surface area contributed by atoms with Gasteiger partial charge in [0.25, 0.3) is 5.91 Å². The van der Waals surface area contributed by atoms with E-state index >= 15 is 0 Å². The number of thiophene rings is 1. The Bertz CT molecular complexity index is 826. The van der Waals surface area contributed by atoms with Crippen molar-refractivity contribution in [1.29, 1.82) is 0 Å². The van der Waals surface area contributed by atoms with Crippen LogP contribution in [-0.4, -0.2) is 31.2 Å². The molecule has 0 saturated carbocycles. The average Bonchev–Trinajstić information content (AvgIpc) is 2.92. The monoisotopic (exact) mass is 314 g/mol. The maximum absolute atomic E-state index is 12.2. The number of aromatic nitrogens is 1. The fourth-order valence-electron chi connectivity index (χ4n) is 2.35. The molecule has 114 valence electrons. The predicted octanol–water partition coefficient (Wildman–Crippen LogP) is 3.52. The molecule has 4 nitrogen and oxygen atoms in total. The number of hydrogen-bond acceptors (Lipinski definition) is 4. The van der Waals surface area contributed by atoms with E-state index in [9.17, 15) is 4.79 Å². The highest BCUT2D eigenvalue weighted by Crippen LogP contribution is 2.27. The summed E-state index contributed by atoms with van der Waals surface area (Å²) in [7, 11) is 1.66. The summed E-state index contributed by atoms with van der Waals surface area (Å²) in [5.41, 5.74) is 2.16. The number of ether oxygens (including phenoxy) is 1. The van der Waals surface area contributed by atoms with Crippen LogP contribution in [0.4, 0.5) is 0 Å². The number of aryl methyl sites for hydroxylation is 1. The van der Waals surface area contributed by atoms with Gasteiger partial charge in [-0.3, -0.25) is 4.79 Å². The summed E-state index contributed by atoms with van der Waals surface area (Å²) in [5.74, 6) is -0.0423. The summed E-state index contributed by atoms with van der Waals surface area (Å²) < 4.78 is 4.97. The molecule has 0 radical (unpaired) electrons. The van der Waals surface area contributed by atoms with Gasteiger partial charge in [-0.1, -0.05) is 12.1 Å². The molecule has 5 heteroatoms. The van der Waals surface area contributed by atoms with Crippen molar-refractivity contribution in [3.05, 3.63) is 40.8 Å². The molecule has 2 heterocycles. The average molecular weight is 314 g/mol. The molecule has 3 rings (SSSR count). The third kappa shape index (κ3) is 3.10. The van der Waals surface area contributed by atoms with Crippen molar-refractivity contribution in [3.8, 4) is 0 Å². The van der Waals surface area contributed by atoms with Crippen LogP contribution < -0.4 is 5.32 Å². The zero-order valence-corrected chi connectivity index (χ0v) is 13.5. The second-order valence-electron chi connectivity index (χ2n) is 5.29. The SMILES string of the molecule is COCCCNC(=O)c1cc2cc3ccc(C)cc3nc2s1. The van der Waals surface area contributed by atoms with Gasteiger partial charge >= 0.3 is 0 Å². The molecule has 0 saturated heterocycles. The molecule has 2 aromatic heterocycles. The molecule has 1 amide bonds. The molecule has 0 fully saturated rings. The van der Waals surface area contributed by atoms with Crippen LogP contribution in [0.15, 0.2) is 30.3 Å². The summed E-state index contributed by atoms with van der Waals surface area (Å²) in [5, 5.41) is 5.03. The Labute approximate surface area is 133 Å². The number of hydrogen-bond donors (Lipinski definition) is 1. The van der Waals surface area contributed by atoms with E-state index in [0.717, 1.165) is 27.5 Å². The van der Waals surface area contributed by atoms with Gasteiger partial charge in [-0.05, 0) is 37.1 Å². The van der Waals surface area contributed by atoms with Gasteiger partial charge in [0.15, 0.2) is 0 Å². The smallest absolute Gasteiger partial charge is 0.261 e. The Morgan fingerprint density at radius 2 is 2.14 bits per heavy atom. The number of nitrogens with zero attached hydrogens (tertiary/aromatic N) is 1. The zero-order chi connectivity index (χ0) is 15.5. The lowest BCUT2D eigenvalue weighted by Crippen LogP contribution is -2.24. The molecule has 1 N–H and O–H groups in total. The number of methoxy groups -OCH3 is 1. The van der Waals surface area contributed by atoms with Crippen LogP contribution in [0.3, 0.4) is 0 Å². The number of amides is 1. The van der Waals surface area contributed by atoms with Crippen molar-refractivity contribution >= 4 is 38.4 Å². The minimum absolute atomic E-state index is 0.0423. The maximum Gasteiger partial charge on any atom is 0.261 e. The fraction of sp³-hybridized carbons (Fsp3) is 0.294. The number of fused-ring (bicyclic) bond motifs is 2. The van der Waals surface area contributed by atoms with Gasteiger partial charge in [-0.25, -0.2) is 4.98 Å². The summed E-state index contributed by atoms with van der Waals surface area (Å²) in [6.07, 6.45) is 0.814. The quantitative estimate of drug-likeness (QED) is 0.733. The summed E-state index contributed by atoms with van der Waals surface area (Å²) >= 11 is 1.44. The second-order valence-corrected chi connectivity index (χ2v) is 6.32. The minimum Gasteiger partial charge on any atom is -0.385 e. The molecule has 3 aromatic rings. The van der Waals surface area contributed by atoms with Crippen LogP contribution in [0.2, 0.25) is 0 Å². The first-order chi connectivity index (χ1) is 10.7. The first-order valence-corrected chi connectivity index (χ1v) is 8.07. The summed E-state index contributed by atoms with van der Waals surface area (Å²) in [4.78, 5) is 18.4. The Morgan fingerprint density at radius 1 is 1.27 bits per heavy atom. The van der Waals surface area contributed by atoms with Crippen molar-refractivity contribution in [2.75, 3.05) is 20.3 Å². The van der Waals surface area contributed by atoms with Crippen LogP contribution >= 0.6 is 11.3 Å². The van der Waals surface area contributed by atoms with Crippen molar-refractivity contribution in [3.63, 3.8) is 0 Å². The molecular formula is C17H18N2O2S. The van der Waals surface area contributed by atoms with Crippen molar-refractivity contribution in [2.45, 2.75) is 13.3 Å². The van der Waals surface area contributed by atoms with Crippen molar-refractivity contribution in [1.82, 2.24) is 10.3 Å². The Hall–Kier alpha value is -1.98. The topological polar surface area (TPSA) is 51.2 Å². The van der Waals surface area contributed by atoms with Gasteiger partial charge in [0.05, 0.1) is 10.4 Å². The number of pyridine rings is 1. The minimum atomic E-state index is -0.0423. The van der Waals surface area contributed by atoms with E-state index < -0.39 is 0 Å². The number of carbonyl (C=O) groups excluding carboxylic acids is 1. The Kier molecular flexibility index (Phi) is 4.36. The summed E-state index contributed by atoms with van der Waals surface area (Å²) in [6, 6.07) is 10.2. The molecular weight excluding hydrogens is 296 g/mol. The molecule has 0 unspecified atom stereocenters. The van der Waals surface area contributed by atoms with Gasteiger partial charge in [-0.2, -0.15) is 0 Å². The molecule has 0 atom stereocenters. The van der Waals surface area contributed by atoms with E-state index in [1.807, 2.05) is 6.07 Å². The van der Waals surface area contributed by atoms with Crippen LogP contribution in [0, 0.1) is 6.92 Å². The molecule has 1 aromatic carbocycles. The van der Waals surface area contributed by atoms with E-state index in [4.69, 9.17) is 4.74 Å². The van der Waals surface area contributed by atoms with E-state index in [-0.39, 0.29) is 5.91 Å². The molecule has 0 aliphatic carbocycles. The lowest BCUT2D eigenvalue weighted by molar-refractivity contribution is 0.0952. The van der Waals surface area contributed by atoms with Crippen LogP contribution in [-0.2, 0) is 4.74 Å². The largest absolute Gasteiger partial charge is 0.385 e. The van der Waals surface area contributed by atoms with Gasteiger partial charge in [-0.15, -0.1) is 11.3 Å². The van der Waals surface area contributed by atoms with Gasteiger partial charge in [0.2, 0.25) is 0 Å². The van der Waals surface area contributed by atoms with E-state index in [1.54, 1.807) is 7.11 Å². The molecule has 0 spiro atoms. The predicted molar refractivity (Wildman–Crippen MR) is 90.7 cm³/mol. The van der Waals surface area contributed by atoms with Gasteiger partial charge in [0, 0.05) is 31.0 Å². The molecule has 0 aliphatic rings. The zero-order valence-electron chi connectivity index (χ0n) is 12.7. The van der Waals surface area contributed by atoms with Crippen molar-refractivity contribution < 1.29 is 9.53 Å². The fourth-order valence-corrected chi connectivity index (χ4v) is 3.29. The van der Waals surface area contributed by atoms with E-state index in [2.05, 4.69) is 41.5 Å². The second kappa shape index (κ2) is 6.42. The van der Waals surface area contributed by atoms with Crippen molar-refractivity contribution in [2.24, 2.45) is 0 Å². The summed E-state index contributed by atoms with van der Waals surface area (Å²) in [6.45, 7) is 3.33. The highest BCUT2D eigenvalue weighted by molar-refractivity contribution is 7.20. The number of nitrogens with one attached hydrogen (secondary N) is 1. The molecule has 0 bridgehead atoms. The Balaban J connectivity index is 1.85.